The van der Waals surface area contributed by atoms with Gasteiger partial charge in [-0.15, -0.1) is 0 Å². The predicted octanol–water partition coefficient (Wildman–Crippen LogP) is 3.94. The number of hydrogen-bond donors (Lipinski definition) is 2. The van der Waals surface area contributed by atoms with Crippen LogP contribution in [0.3, 0.4) is 0 Å². The number of nitrogens with zero attached hydrogens (tertiary/aromatic N) is 1. The number of anilines is 3. The molecule has 0 saturated carbocycles. The summed E-state index contributed by atoms with van der Waals surface area (Å²) in [6.45, 7) is 1.45. The number of halogens is 1. The van der Waals surface area contributed by atoms with Crippen molar-refractivity contribution in [2.75, 3.05) is 27.7 Å². The second-order valence-electron chi connectivity index (χ2n) is 7.56. The number of sulfonamides is 2. The van der Waals surface area contributed by atoms with Gasteiger partial charge in [-0.2, -0.15) is 0 Å². The highest BCUT2D eigenvalue weighted by molar-refractivity contribution is 7.92. The molecule has 9 nitrogen and oxygen atoms in total. The first-order valence-corrected chi connectivity index (χ1v) is 13.9. The lowest BCUT2D eigenvalue weighted by Crippen LogP contribution is -2.45. The van der Waals surface area contributed by atoms with E-state index in [1.165, 1.54) is 62.6 Å². The van der Waals surface area contributed by atoms with Crippen molar-refractivity contribution in [3.8, 4) is 5.75 Å². The lowest BCUT2D eigenvalue weighted by atomic mass is 10.2. The fraction of sp³-hybridized carbons (Fsp3) is 0.174. The van der Waals surface area contributed by atoms with E-state index >= 15 is 0 Å². The maximum Gasteiger partial charge on any atom is 0.261 e. The Morgan fingerprint density at radius 1 is 0.886 bits per heavy atom. The maximum absolute atomic E-state index is 12.9. The molecule has 0 bridgehead atoms. The number of nitrogens with one attached hydrogen (secondary N) is 2. The molecule has 0 aliphatic heterocycles. The van der Waals surface area contributed by atoms with Gasteiger partial charge in [-0.05, 0) is 79.7 Å². The summed E-state index contributed by atoms with van der Waals surface area (Å²) in [5.41, 5.74) is 0.946. The summed E-state index contributed by atoms with van der Waals surface area (Å²) < 4.78 is 58.6. The number of carbonyl (C=O) groups is 1. The molecule has 0 aromatic heterocycles. The standard InChI is InChI=1S/C23H24ClN3O6S2/c1-16(27(34(3,29)30)20-10-12-21(33-2)13-11-20)23(28)25-18-8-14-22(15-9-18)35(31,32)26-19-6-4-17(24)5-7-19/h4-16,26H,1-3H3,(H,25,28)/t16-/m1/s1. The topological polar surface area (TPSA) is 122 Å². The number of benzene rings is 3. The number of carbonyl (C=O) groups excluding carboxylic acids is 1. The summed E-state index contributed by atoms with van der Waals surface area (Å²) in [4.78, 5) is 12.8. The van der Waals surface area contributed by atoms with E-state index in [0.717, 1.165) is 10.6 Å². The minimum atomic E-state index is -3.87. The first kappa shape index (κ1) is 26.3. The highest BCUT2D eigenvalue weighted by Gasteiger charge is 2.29. The molecule has 1 amide bonds. The molecule has 3 aromatic carbocycles. The first-order chi connectivity index (χ1) is 16.4. The van der Waals surface area contributed by atoms with Crippen LogP contribution >= 0.6 is 11.6 Å². The Morgan fingerprint density at radius 3 is 1.94 bits per heavy atom. The van der Waals surface area contributed by atoms with Gasteiger partial charge in [-0.25, -0.2) is 16.8 Å². The van der Waals surface area contributed by atoms with Crippen LogP contribution in [0.5, 0.6) is 5.75 Å². The Labute approximate surface area is 209 Å². The van der Waals surface area contributed by atoms with Crippen molar-refractivity contribution >= 4 is 54.6 Å². The molecule has 2 N–H and O–H groups in total. The van der Waals surface area contributed by atoms with Gasteiger partial charge < -0.3 is 10.1 Å². The summed E-state index contributed by atoms with van der Waals surface area (Å²) in [5, 5.41) is 3.10. The summed E-state index contributed by atoms with van der Waals surface area (Å²) in [6.07, 6.45) is 1.01. The molecular formula is C23H24ClN3O6S2. The van der Waals surface area contributed by atoms with Crippen molar-refractivity contribution < 1.29 is 26.4 Å². The molecule has 0 unspecified atom stereocenters. The average molecular weight is 538 g/mol. The Morgan fingerprint density at radius 2 is 1.43 bits per heavy atom. The van der Waals surface area contributed by atoms with Gasteiger partial charge in [0.05, 0.1) is 23.9 Å². The van der Waals surface area contributed by atoms with Crippen LogP contribution in [0, 0.1) is 0 Å². The van der Waals surface area contributed by atoms with E-state index in [4.69, 9.17) is 16.3 Å². The molecule has 0 aliphatic carbocycles. The second-order valence-corrected chi connectivity index (χ2v) is 11.5. The first-order valence-electron chi connectivity index (χ1n) is 10.2. The third-order valence-electron chi connectivity index (χ3n) is 4.94. The predicted molar refractivity (Wildman–Crippen MR) is 137 cm³/mol. The van der Waals surface area contributed by atoms with E-state index < -0.39 is 32.0 Å². The Balaban J connectivity index is 1.75. The zero-order chi connectivity index (χ0) is 25.8. The van der Waals surface area contributed by atoms with E-state index in [1.807, 2.05) is 0 Å². The zero-order valence-corrected chi connectivity index (χ0v) is 21.5. The van der Waals surface area contributed by atoms with Gasteiger partial charge in [0.25, 0.3) is 10.0 Å². The van der Waals surface area contributed by atoms with Crippen LogP contribution in [0.4, 0.5) is 17.1 Å². The minimum absolute atomic E-state index is 0.0190. The van der Waals surface area contributed by atoms with Gasteiger partial charge in [0.15, 0.2) is 0 Å². The maximum atomic E-state index is 12.9. The second kappa shape index (κ2) is 10.5. The molecule has 0 aliphatic rings. The van der Waals surface area contributed by atoms with E-state index in [1.54, 1.807) is 24.3 Å². The van der Waals surface area contributed by atoms with Crippen molar-refractivity contribution in [2.45, 2.75) is 17.9 Å². The van der Waals surface area contributed by atoms with Crippen LogP contribution in [0.25, 0.3) is 0 Å². The molecule has 3 rings (SSSR count). The van der Waals surface area contributed by atoms with Crippen molar-refractivity contribution in [1.82, 2.24) is 0 Å². The molecule has 0 heterocycles. The molecule has 0 saturated heterocycles. The lowest BCUT2D eigenvalue weighted by Gasteiger charge is -2.28. The minimum Gasteiger partial charge on any atom is -0.497 e. The van der Waals surface area contributed by atoms with Crippen molar-refractivity contribution in [3.63, 3.8) is 0 Å². The molecule has 12 heteroatoms. The van der Waals surface area contributed by atoms with Gasteiger partial charge in [0, 0.05) is 16.4 Å². The molecule has 0 spiro atoms. The zero-order valence-electron chi connectivity index (χ0n) is 19.1. The summed E-state index contributed by atoms with van der Waals surface area (Å²) in [7, 11) is -6.17. The summed E-state index contributed by atoms with van der Waals surface area (Å²) >= 11 is 5.82. The van der Waals surface area contributed by atoms with Gasteiger partial charge >= 0.3 is 0 Å². The number of rotatable bonds is 9. The molecule has 0 fully saturated rings. The normalized spacial score (nSPS) is 12.5. The Hall–Kier alpha value is -3.28. The van der Waals surface area contributed by atoms with Crippen molar-refractivity contribution in [2.24, 2.45) is 0 Å². The van der Waals surface area contributed by atoms with E-state index in [-0.39, 0.29) is 4.90 Å². The Kier molecular flexibility index (Phi) is 7.93. The highest BCUT2D eigenvalue weighted by atomic mass is 35.5. The molecule has 3 aromatic rings. The van der Waals surface area contributed by atoms with Gasteiger partial charge in [0.1, 0.15) is 11.8 Å². The molecule has 1 atom stereocenters. The van der Waals surface area contributed by atoms with Gasteiger partial charge in [-0.1, -0.05) is 11.6 Å². The largest absolute Gasteiger partial charge is 0.497 e. The summed E-state index contributed by atoms with van der Waals surface area (Å²) in [6, 6.07) is 16.9. The quantitative estimate of drug-likeness (QED) is 0.426. The number of hydrogen-bond acceptors (Lipinski definition) is 6. The van der Waals surface area contributed by atoms with Crippen molar-refractivity contribution in [3.05, 3.63) is 77.8 Å². The molecular weight excluding hydrogens is 514 g/mol. The monoisotopic (exact) mass is 537 g/mol. The van der Waals surface area contributed by atoms with Crippen LogP contribution < -0.4 is 19.1 Å². The van der Waals surface area contributed by atoms with E-state index in [9.17, 15) is 21.6 Å². The van der Waals surface area contributed by atoms with Crippen LogP contribution in [-0.2, 0) is 24.8 Å². The van der Waals surface area contributed by atoms with Gasteiger partial charge in [0.2, 0.25) is 15.9 Å². The third kappa shape index (κ3) is 6.65. The van der Waals surface area contributed by atoms with Gasteiger partial charge in [-0.3, -0.25) is 13.8 Å². The summed E-state index contributed by atoms with van der Waals surface area (Å²) in [5.74, 6) is -0.0546. The fourth-order valence-corrected chi connectivity index (χ4v) is 5.59. The molecule has 35 heavy (non-hydrogen) atoms. The molecule has 0 radical (unpaired) electrons. The number of methoxy groups -OCH3 is 1. The third-order valence-corrected chi connectivity index (χ3v) is 7.83. The smallest absolute Gasteiger partial charge is 0.261 e. The molecule has 186 valence electrons. The average Bonchev–Trinajstić information content (AvgIpc) is 2.80. The van der Waals surface area contributed by atoms with Crippen LogP contribution in [-0.4, -0.2) is 42.2 Å². The van der Waals surface area contributed by atoms with E-state index in [2.05, 4.69) is 10.0 Å². The van der Waals surface area contributed by atoms with Crippen LogP contribution in [0.1, 0.15) is 6.92 Å². The van der Waals surface area contributed by atoms with Crippen molar-refractivity contribution in [1.29, 1.82) is 0 Å². The fourth-order valence-electron chi connectivity index (χ4n) is 3.23. The Bertz CT molecular complexity index is 1390. The highest BCUT2D eigenvalue weighted by Crippen LogP contribution is 2.25. The number of ether oxygens (including phenoxy) is 1. The lowest BCUT2D eigenvalue weighted by molar-refractivity contribution is -0.116. The number of amides is 1. The SMILES string of the molecule is COc1ccc(N([C@H](C)C(=O)Nc2ccc(S(=O)(=O)Nc3ccc(Cl)cc3)cc2)S(C)(=O)=O)cc1. The van der Waals surface area contributed by atoms with Crippen LogP contribution in [0.15, 0.2) is 77.7 Å². The van der Waals surface area contributed by atoms with Crippen LogP contribution in [0.2, 0.25) is 5.02 Å². The van der Waals surface area contributed by atoms with E-state index in [0.29, 0.717) is 27.8 Å².